The van der Waals surface area contributed by atoms with Crippen LogP contribution in [0.4, 0.5) is 20.6 Å². The number of nitrogens with one attached hydrogen (secondary N) is 3. The van der Waals surface area contributed by atoms with Gasteiger partial charge in [0.1, 0.15) is 18.1 Å². The van der Waals surface area contributed by atoms with Crippen LogP contribution < -0.4 is 25.4 Å². The Bertz CT molecular complexity index is 1510. The summed E-state index contributed by atoms with van der Waals surface area (Å²) in [4.78, 5) is 50.6. The molecule has 0 aromatic heterocycles. The smallest absolute Gasteiger partial charge is 0.329 e. The molecule has 5 amide bonds. The molecule has 0 saturated carbocycles. The molecule has 206 valence electrons. The number of amides is 5. The predicted octanol–water partition coefficient (Wildman–Crippen LogP) is 4.45. The topological polar surface area (TPSA) is 126 Å². The van der Waals surface area contributed by atoms with Gasteiger partial charge in [0.25, 0.3) is 11.8 Å². The van der Waals surface area contributed by atoms with Gasteiger partial charge in [-0.1, -0.05) is 45.8 Å². The van der Waals surface area contributed by atoms with Gasteiger partial charge in [-0.3, -0.25) is 14.4 Å². The fraction of sp³-hybridized carbons (Fsp3) is 0.143. The minimum atomic E-state index is -0.803. The third kappa shape index (κ3) is 6.83. The minimum Gasteiger partial charge on any atom is -0.493 e. The second kappa shape index (κ2) is 12.4. The van der Waals surface area contributed by atoms with E-state index in [9.17, 15) is 23.6 Å². The van der Waals surface area contributed by atoms with Gasteiger partial charge in [-0.15, -0.1) is 0 Å². The van der Waals surface area contributed by atoms with Crippen molar-refractivity contribution in [2.75, 3.05) is 30.9 Å². The van der Waals surface area contributed by atoms with Gasteiger partial charge < -0.3 is 25.4 Å². The Morgan fingerprint density at radius 2 is 1.75 bits per heavy atom. The highest BCUT2D eigenvalue weighted by Gasteiger charge is 2.35. The molecule has 1 saturated heterocycles. The first-order chi connectivity index (χ1) is 19.1. The Balaban J connectivity index is 1.42. The SMILES string of the molecule is COc1cc(/C=C2/NC(=O)N(CC(=O)Nc3ccccc3F)C2=O)c(Br)cc1OCC(=O)Nc1ccc(C)cc1. The minimum absolute atomic E-state index is 0.0683. The largest absolute Gasteiger partial charge is 0.493 e. The zero-order chi connectivity index (χ0) is 28.8. The van der Waals surface area contributed by atoms with Crippen molar-refractivity contribution in [1.29, 1.82) is 0 Å². The van der Waals surface area contributed by atoms with Crippen molar-refractivity contribution in [3.8, 4) is 11.5 Å². The Hall–Kier alpha value is -4.71. The van der Waals surface area contributed by atoms with E-state index in [1.54, 1.807) is 24.3 Å². The Kier molecular flexibility index (Phi) is 8.80. The van der Waals surface area contributed by atoms with Crippen LogP contribution in [0.3, 0.4) is 0 Å². The van der Waals surface area contributed by atoms with Crippen molar-refractivity contribution in [2.45, 2.75) is 6.92 Å². The summed E-state index contributed by atoms with van der Waals surface area (Å²) in [5, 5.41) is 7.50. The lowest BCUT2D eigenvalue weighted by molar-refractivity contribution is -0.127. The first-order valence-corrected chi connectivity index (χ1v) is 12.7. The van der Waals surface area contributed by atoms with Crippen molar-refractivity contribution in [1.82, 2.24) is 10.2 Å². The molecule has 0 unspecified atom stereocenters. The van der Waals surface area contributed by atoms with E-state index in [0.29, 0.717) is 20.6 Å². The molecule has 3 aromatic rings. The fourth-order valence-corrected chi connectivity index (χ4v) is 4.11. The summed E-state index contributed by atoms with van der Waals surface area (Å²) in [6, 6.07) is 15.2. The Morgan fingerprint density at radius 1 is 1.02 bits per heavy atom. The van der Waals surface area contributed by atoms with Crippen LogP contribution in [0.5, 0.6) is 11.5 Å². The van der Waals surface area contributed by atoms with Gasteiger partial charge in [-0.2, -0.15) is 0 Å². The number of nitrogens with zero attached hydrogens (tertiary/aromatic N) is 1. The maximum absolute atomic E-state index is 13.8. The number of halogens is 2. The van der Waals surface area contributed by atoms with E-state index < -0.39 is 30.2 Å². The van der Waals surface area contributed by atoms with Gasteiger partial charge in [0, 0.05) is 10.2 Å². The summed E-state index contributed by atoms with van der Waals surface area (Å²) in [5.74, 6) is -1.96. The van der Waals surface area contributed by atoms with Gasteiger partial charge in [0.05, 0.1) is 12.8 Å². The van der Waals surface area contributed by atoms with Crippen LogP contribution in [-0.2, 0) is 14.4 Å². The number of methoxy groups -OCH3 is 1. The molecule has 3 N–H and O–H groups in total. The summed E-state index contributed by atoms with van der Waals surface area (Å²) in [6.45, 7) is 1.05. The summed E-state index contributed by atoms with van der Waals surface area (Å²) < 4.78 is 25.3. The molecule has 1 heterocycles. The number of carbonyl (C=O) groups excluding carboxylic acids is 4. The molecule has 0 bridgehead atoms. The number of urea groups is 1. The maximum atomic E-state index is 13.8. The highest BCUT2D eigenvalue weighted by Crippen LogP contribution is 2.35. The monoisotopic (exact) mass is 610 g/mol. The van der Waals surface area contributed by atoms with Crippen molar-refractivity contribution < 1.29 is 33.0 Å². The lowest BCUT2D eigenvalue weighted by atomic mass is 10.1. The molecule has 0 aliphatic carbocycles. The van der Waals surface area contributed by atoms with Gasteiger partial charge in [-0.25, -0.2) is 14.1 Å². The zero-order valence-corrected chi connectivity index (χ0v) is 23.0. The number of hydrogen-bond acceptors (Lipinski definition) is 6. The lowest BCUT2D eigenvalue weighted by Crippen LogP contribution is -2.38. The molecule has 0 atom stereocenters. The van der Waals surface area contributed by atoms with Crippen LogP contribution in [0.15, 0.2) is 70.8 Å². The molecule has 1 aliphatic rings. The molecular formula is C28H24BrFN4O6. The lowest BCUT2D eigenvalue weighted by Gasteiger charge is -2.13. The summed E-state index contributed by atoms with van der Waals surface area (Å²) >= 11 is 3.40. The molecule has 1 aliphatic heterocycles. The van der Waals surface area contributed by atoms with E-state index >= 15 is 0 Å². The van der Waals surface area contributed by atoms with Crippen LogP contribution >= 0.6 is 15.9 Å². The van der Waals surface area contributed by atoms with Crippen molar-refractivity contribution in [2.24, 2.45) is 0 Å². The molecule has 3 aromatic carbocycles. The molecule has 12 heteroatoms. The number of ether oxygens (including phenoxy) is 2. The highest BCUT2D eigenvalue weighted by atomic mass is 79.9. The Labute approximate surface area is 237 Å². The number of carbonyl (C=O) groups is 4. The van der Waals surface area contributed by atoms with E-state index in [0.717, 1.165) is 5.56 Å². The second-order valence-corrected chi connectivity index (χ2v) is 9.49. The van der Waals surface area contributed by atoms with Crippen LogP contribution in [-0.4, -0.2) is 48.9 Å². The number of hydrogen-bond donors (Lipinski definition) is 3. The van der Waals surface area contributed by atoms with Crippen molar-refractivity contribution in [3.05, 3.63) is 87.8 Å². The van der Waals surface area contributed by atoms with Crippen LogP contribution in [0.2, 0.25) is 0 Å². The van der Waals surface area contributed by atoms with E-state index in [1.165, 1.54) is 37.5 Å². The third-order valence-electron chi connectivity index (χ3n) is 5.69. The van der Waals surface area contributed by atoms with E-state index in [2.05, 4.69) is 31.9 Å². The second-order valence-electron chi connectivity index (χ2n) is 8.63. The molecule has 40 heavy (non-hydrogen) atoms. The maximum Gasteiger partial charge on any atom is 0.329 e. The van der Waals surface area contributed by atoms with E-state index in [-0.39, 0.29) is 35.4 Å². The summed E-state index contributed by atoms with van der Waals surface area (Å²) in [5.41, 5.74) is 2.00. The number of aryl methyl sites for hydroxylation is 1. The van der Waals surface area contributed by atoms with Gasteiger partial charge in [0.2, 0.25) is 5.91 Å². The molecule has 4 rings (SSSR count). The van der Waals surface area contributed by atoms with Crippen LogP contribution in [0.1, 0.15) is 11.1 Å². The number of imide groups is 1. The highest BCUT2D eigenvalue weighted by molar-refractivity contribution is 9.10. The molecular weight excluding hydrogens is 587 g/mol. The van der Waals surface area contributed by atoms with Crippen LogP contribution in [0, 0.1) is 12.7 Å². The normalized spacial score (nSPS) is 13.7. The van der Waals surface area contributed by atoms with Crippen molar-refractivity contribution >= 4 is 57.1 Å². The average molecular weight is 611 g/mol. The standard InChI is InChI=1S/C28H24BrFN4O6/c1-16-7-9-18(10-8-16)31-26(36)15-40-24-13-19(29)17(12-23(24)39-2)11-22-27(37)34(28(38)33-22)14-25(35)32-21-6-4-3-5-20(21)30/h3-13H,14-15H2,1-2H3,(H,31,36)(H,32,35)(H,33,38)/b22-11+. The third-order valence-corrected chi connectivity index (χ3v) is 6.38. The number of rotatable bonds is 9. The molecule has 10 nitrogen and oxygen atoms in total. The van der Waals surface area contributed by atoms with E-state index in [1.807, 2.05) is 19.1 Å². The first-order valence-electron chi connectivity index (χ1n) is 11.9. The summed E-state index contributed by atoms with van der Waals surface area (Å²) in [7, 11) is 1.41. The van der Waals surface area contributed by atoms with Crippen molar-refractivity contribution in [3.63, 3.8) is 0 Å². The van der Waals surface area contributed by atoms with Gasteiger partial charge in [0.15, 0.2) is 18.1 Å². The quantitative estimate of drug-likeness (QED) is 0.243. The summed E-state index contributed by atoms with van der Waals surface area (Å²) in [6.07, 6.45) is 1.40. The zero-order valence-electron chi connectivity index (χ0n) is 21.4. The van der Waals surface area contributed by atoms with Crippen LogP contribution in [0.25, 0.3) is 6.08 Å². The average Bonchev–Trinajstić information content (AvgIpc) is 3.18. The van der Waals surface area contributed by atoms with Gasteiger partial charge >= 0.3 is 6.03 Å². The number of para-hydroxylation sites is 1. The molecule has 1 fully saturated rings. The fourth-order valence-electron chi connectivity index (χ4n) is 3.68. The van der Waals surface area contributed by atoms with E-state index in [4.69, 9.17) is 9.47 Å². The first kappa shape index (κ1) is 28.3. The number of anilines is 2. The Morgan fingerprint density at radius 3 is 2.45 bits per heavy atom. The number of benzene rings is 3. The molecule has 0 spiro atoms. The molecule has 0 radical (unpaired) electrons. The predicted molar refractivity (Wildman–Crippen MR) is 149 cm³/mol. The van der Waals surface area contributed by atoms with Gasteiger partial charge in [-0.05, 0) is 55.0 Å².